The van der Waals surface area contributed by atoms with Crippen molar-refractivity contribution in [3.05, 3.63) is 70.3 Å². The summed E-state index contributed by atoms with van der Waals surface area (Å²) >= 11 is 0. The van der Waals surface area contributed by atoms with Gasteiger partial charge in [-0.05, 0) is 47.2 Å². The van der Waals surface area contributed by atoms with Crippen molar-refractivity contribution in [2.45, 2.75) is 32.0 Å². The summed E-state index contributed by atoms with van der Waals surface area (Å²) in [6, 6.07) is 14.6. The first-order valence-corrected chi connectivity index (χ1v) is 7.52. The summed E-state index contributed by atoms with van der Waals surface area (Å²) in [7, 11) is 0. The first-order chi connectivity index (χ1) is 10.3. The Morgan fingerprint density at radius 2 is 1.86 bits per heavy atom. The van der Waals surface area contributed by atoms with Gasteiger partial charge in [0.25, 0.3) is 5.91 Å². The number of nitrogens with one attached hydrogen (secondary N) is 2. The number of halogens is 1. The van der Waals surface area contributed by atoms with Gasteiger partial charge in [-0.3, -0.25) is 4.79 Å². The van der Waals surface area contributed by atoms with Gasteiger partial charge in [-0.15, -0.1) is 12.4 Å². The number of hydrogen-bond acceptors (Lipinski definition) is 2. The van der Waals surface area contributed by atoms with Crippen LogP contribution in [0.25, 0.3) is 0 Å². The Morgan fingerprint density at radius 1 is 1.05 bits per heavy atom. The second-order valence-electron chi connectivity index (χ2n) is 5.85. The highest BCUT2D eigenvalue weighted by Crippen LogP contribution is 2.31. The van der Waals surface area contributed by atoms with E-state index in [1.807, 2.05) is 18.2 Å². The molecule has 1 unspecified atom stereocenters. The smallest absolute Gasteiger partial charge is 0.251 e. The molecule has 0 fully saturated rings. The Kier molecular flexibility index (Phi) is 4.19. The Bertz CT molecular complexity index is 714. The number of carbonyl (C=O) groups is 1. The Balaban J connectivity index is 0.00000144. The van der Waals surface area contributed by atoms with Crippen LogP contribution < -0.4 is 10.6 Å². The zero-order valence-electron chi connectivity index (χ0n) is 12.3. The van der Waals surface area contributed by atoms with Gasteiger partial charge in [0.15, 0.2) is 0 Å². The molecule has 1 aliphatic heterocycles. The van der Waals surface area contributed by atoms with E-state index in [9.17, 15) is 4.79 Å². The van der Waals surface area contributed by atoms with Gasteiger partial charge in [0, 0.05) is 18.7 Å². The topological polar surface area (TPSA) is 41.1 Å². The number of amides is 1. The fourth-order valence-electron chi connectivity index (χ4n) is 3.38. The molecular weight excluding hydrogens is 296 g/mol. The lowest BCUT2D eigenvalue weighted by Gasteiger charge is -2.14. The third-order valence-corrected chi connectivity index (χ3v) is 4.54. The molecule has 4 rings (SSSR count). The third-order valence-electron chi connectivity index (χ3n) is 4.54. The summed E-state index contributed by atoms with van der Waals surface area (Å²) < 4.78 is 0. The highest BCUT2D eigenvalue weighted by molar-refractivity contribution is 5.94. The summed E-state index contributed by atoms with van der Waals surface area (Å²) in [4.78, 5) is 12.5. The minimum atomic E-state index is 0. The van der Waals surface area contributed by atoms with Crippen molar-refractivity contribution in [1.29, 1.82) is 0 Å². The lowest BCUT2D eigenvalue weighted by atomic mass is 10.0. The maximum absolute atomic E-state index is 12.5. The molecule has 2 aliphatic rings. The Morgan fingerprint density at radius 3 is 2.77 bits per heavy atom. The number of hydrogen-bond donors (Lipinski definition) is 2. The zero-order valence-corrected chi connectivity index (χ0v) is 13.1. The fraction of sp³-hybridized carbons (Fsp3) is 0.278. The molecule has 2 aromatic carbocycles. The van der Waals surface area contributed by atoms with Crippen LogP contribution in [0, 0.1) is 0 Å². The first kappa shape index (κ1) is 15.1. The van der Waals surface area contributed by atoms with Crippen molar-refractivity contribution in [3.8, 4) is 0 Å². The van der Waals surface area contributed by atoms with Gasteiger partial charge in [-0.25, -0.2) is 0 Å². The molecule has 0 radical (unpaired) electrons. The van der Waals surface area contributed by atoms with Gasteiger partial charge >= 0.3 is 0 Å². The van der Waals surface area contributed by atoms with E-state index in [1.165, 1.54) is 22.3 Å². The number of benzene rings is 2. The average molecular weight is 315 g/mol. The van der Waals surface area contributed by atoms with Crippen LogP contribution in [0.5, 0.6) is 0 Å². The van der Waals surface area contributed by atoms with Crippen molar-refractivity contribution in [3.63, 3.8) is 0 Å². The first-order valence-electron chi connectivity index (χ1n) is 7.52. The molecule has 3 nitrogen and oxygen atoms in total. The Labute approximate surface area is 136 Å². The van der Waals surface area contributed by atoms with Gasteiger partial charge in [0.05, 0.1) is 6.04 Å². The fourth-order valence-corrected chi connectivity index (χ4v) is 3.38. The highest BCUT2D eigenvalue weighted by atomic mass is 35.5. The van der Waals surface area contributed by atoms with E-state index < -0.39 is 0 Å². The summed E-state index contributed by atoms with van der Waals surface area (Å²) in [6.07, 6.45) is 2.05. The van der Waals surface area contributed by atoms with E-state index >= 15 is 0 Å². The molecule has 0 bridgehead atoms. The van der Waals surface area contributed by atoms with Crippen LogP contribution in [0.3, 0.4) is 0 Å². The maximum Gasteiger partial charge on any atom is 0.251 e. The van der Waals surface area contributed by atoms with E-state index in [2.05, 4.69) is 34.9 Å². The molecule has 1 heterocycles. The molecule has 1 amide bonds. The molecule has 114 valence electrons. The Hall–Kier alpha value is -1.84. The van der Waals surface area contributed by atoms with Gasteiger partial charge < -0.3 is 10.6 Å². The summed E-state index contributed by atoms with van der Waals surface area (Å²) in [5.41, 5.74) is 5.95. The second-order valence-corrected chi connectivity index (χ2v) is 5.85. The SMILES string of the molecule is Cl.O=C(NC1CCc2ccccc21)c1ccc2c(c1)CNC2. The predicted octanol–water partition coefficient (Wildman–Crippen LogP) is 3.13. The molecule has 1 atom stereocenters. The molecule has 0 saturated carbocycles. The molecule has 1 aliphatic carbocycles. The summed E-state index contributed by atoms with van der Waals surface area (Å²) in [5, 5.41) is 6.49. The van der Waals surface area contributed by atoms with Gasteiger partial charge in [-0.2, -0.15) is 0 Å². The van der Waals surface area contributed by atoms with E-state index in [0.29, 0.717) is 0 Å². The zero-order chi connectivity index (χ0) is 14.2. The standard InChI is InChI=1S/C18H18N2O.ClH/c21-18(13-5-6-14-10-19-11-15(14)9-13)20-17-8-7-12-3-1-2-4-16(12)17;/h1-6,9,17,19H,7-8,10-11H2,(H,20,21);1H. The number of carbonyl (C=O) groups excluding carboxylic acids is 1. The van der Waals surface area contributed by atoms with Crippen LogP contribution in [-0.2, 0) is 19.5 Å². The number of fused-ring (bicyclic) bond motifs is 2. The van der Waals surface area contributed by atoms with E-state index in [1.54, 1.807) is 0 Å². The monoisotopic (exact) mass is 314 g/mol. The highest BCUT2D eigenvalue weighted by Gasteiger charge is 2.24. The van der Waals surface area contributed by atoms with E-state index in [0.717, 1.165) is 31.5 Å². The van der Waals surface area contributed by atoms with Gasteiger partial charge in [0.2, 0.25) is 0 Å². The normalized spacial score (nSPS) is 18.3. The average Bonchev–Trinajstić information content (AvgIpc) is 3.13. The van der Waals surface area contributed by atoms with Crippen LogP contribution in [0.1, 0.15) is 45.1 Å². The summed E-state index contributed by atoms with van der Waals surface area (Å²) in [5.74, 6) is 0.0337. The third kappa shape index (κ3) is 2.62. The lowest BCUT2D eigenvalue weighted by Crippen LogP contribution is -2.27. The molecule has 22 heavy (non-hydrogen) atoms. The lowest BCUT2D eigenvalue weighted by molar-refractivity contribution is 0.0936. The van der Waals surface area contributed by atoms with Crippen LogP contribution in [0.15, 0.2) is 42.5 Å². The van der Waals surface area contributed by atoms with Crippen molar-refractivity contribution in [1.82, 2.24) is 10.6 Å². The minimum Gasteiger partial charge on any atom is -0.345 e. The minimum absolute atomic E-state index is 0. The molecule has 0 spiro atoms. The van der Waals surface area contributed by atoms with Crippen LogP contribution in [0.2, 0.25) is 0 Å². The van der Waals surface area contributed by atoms with Crippen molar-refractivity contribution in [2.75, 3.05) is 0 Å². The number of aryl methyl sites for hydroxylation is 1. The number of rotatable bonds is 2. The predicted molar refractivity (Wildman–Crippen MR) is 89.2 cm³/mol. The summed E-state index contributed by atoms with van der Waals surface area (Å²) in [6.45, 7) is 1.77. The van der Waals surface area contributed by atoms with Gasteiger partial charge in [0.1, 0.15) is 0 Å². The second kappa shape index (κ2) is 6.11. The van der Waals surface area contributed by atoms with Crippen LogP contribution >= 0.6 is 12.4 Å². The molecule has 0 saturated heterocycles. The van der Waals surface area contributed by atoms with Crippen molar-refractivity contribution < 1.29 is 4.79 Å². The van der Waals surface area contributed by atoms with Crippen LogP contribution in [-0.4, -0.2) is 5.91 Å². The van der Waals surface area contributed by atoms with Gasteiger partial charge in [-0.1, -0.05) is 30.3 Å². The molecule has 2 aromatic rings. The maximum atomic E-state index is 12.5. The van der Waals surface area contributed by atoms with Crippen LogP contribution in [0.4, 0.5) is 0 Å². The van der Waals surface area contributed by atoms with Crippen molar-refractivity contribution in [2.24, 2.45) is 0 Å². The largest absolute Gasteiger partial charge is 0.345 e. The molecule has 0 aromatic heterocycles. The quantitative estimate of drug-likeness (QED) is 0.894. The van der Waals surface area contributed by atoms with E-state index in [4.69, 9.17) is 0 Å². The molecule has 4 heteroatoms. The van der Waals surface area contributed by atoms with E-state index in [-0.39, 0.29) is 24.4 Å². The molecular formula is C18H19ClN2O. The molecule has 2 N–H and O–H groups in total. The van der Waals surface area contributed by atoms with Crippen molar-refractivity contribution >= 4 is 18.3 Å².